The average Bonchev–Trinajstić information content (AvgIpc) is 3.91. The second-order valence-corrected chi connectivity index (χ2v) is 15.9. The monoisotopic (exact) mass is 805 g/mol. The second-order valence-electron chi connectivity index (χ2n) is 15.9. The van der Waals surface area contributed by atoms with Gasteiger partial charge in [0.2, 0.25) is 0 Å². The summed E-state index contributed by atoms with van der Waals surface area (Å²) in [5.74, 6) is 0. The van der Waals surface area contributed by atoms with Crippen LogP contribution in [-0.4, -0.2) is 9.55 Å². The SMILES string of the molecule is c1ccc(-c2ccc(N(c3ccc(-c4cccc5c4oc4ccccc45)cc3)c3ccc(-c4ccccc4-c4ccccc4)c(-n4c5ccccc5c5cccnc54)c3)cc2)cc1. The quantitative estimate of drug-likeness (QED) is 0.153. The van der Waals surface area contributed by atoms with Crippen molar-refractivity contribution in [2.75, 3.05) is 4.90 Å². The zero-order chi connectivity index (χ0) is 41.7. The lowest BCUT2D eigenvalue weighted by atomic mass is 9.93. The predicted octanol–water partition coefficient (Wildman–Crippen LogP) is 16.2. The van der Waals surface area contributed by atoms with E-state index in [9.17, 15) is 0 Å². The topological polar surface area (TPSA) is 34.2 Å². The number of hydrogen-bond donors (Lipinski definition) is 0. The fraction of sp³-hybridized carbons (Fsp3) is 0. The van der Waals surface area contributed by atoms with E-state index in [4.69, 9.17) is 9.40 Å². The molecule has 0 unspecified atom stereocenters. The van der Waals surface area contributed by atoms with Gasteiger partial charge in [-0.3, -0.25) is 4.57 Å². The summed E-state index contributed by atoms with van der Waals surface area (Å²) in [5, 5.41) is 4.52. The Morgan fingerprint density at radius 3 is 1.70 bits per heavy atom. The number of aromatic nitrogens is 2. The number of hydrogen-bond acceptors (Lipinski definition) is 3. The molecule has 3 aromatic heterocycles. The zero-order valence-corrected chi connectivity index (χ0v) is 34.3. The number of fused-ring (bicyclic) bond motifs is 6. The molecule has 0 aliphatic heterocycles. The van der Waals surface area contributed by atoms with Crippen molar-refractivity contribution in [1.29, 1.82) is 0 Å². The molecule has 0 atom stereocenters. The van der Waals surface area contributed by atoms with Gasteiger partial charge in [-0.15, -0.1) is 0 Å². The van der Waals surface area contributed by atoms with Gasteiger partial charge in [0, 0.05) is 55.9 Å². The number of nitrogens with zero attached hydrogens (tertiary/aromatic N) is 3. The number of para-hydroxylation sites is 3. The van der Waals surface area contributed by atoms with E-state index < -0.39 is 0 Å². The number of benzene rings is 9. The first-order valence-corrected chi connectivity index (χ1v) is 21.4. The van der Waals surface area contributed by atoms with Crippen LogP contribution in [0.1, 0.15) is 0 Å². The van der Waals surface area contributed by atoms with E-state index in [0.29, 0.717) is 0 Å². The van der Waals surface area contributed by atoms with E-state index >= 15 is 0 Å². The minimum atomic E-state index is 0.894. The van der Waals surface area contributed by atoms with Gasteiger partial charge in [-0.2, -0.15) is 0 Å². The molecule has 0 fully saturated rings. The molecular formula is C59H39N3O. The van der Waals surface area contributed by atoms with Gasteiger partial charge in [0.1, 0.15) is 16.8 Å². The molecule has 3 heterocycles. The summed E-state index contributed by atoms with van der Waals surface area (Å²) in [6.45, 7) is 0. The zero-order valence-electron chi connectivity index (χ0n) is 34.3. The van der Waals surface area contributed by atoms with Crippen LogP contribution in [0.4, 0.5) is 17.1 Å². The molecule has 12 rings (SSSR count). The molecule has 0 saturated carbocycles. The molecule has 0 amide bonds. The summed E-state index contributed by atoms with van der Waals surface area (Å²) in [4.78, 5) is 7.41. The van der Waals surface area contributed by atoms with Crippen molar-refractivity contribution in [2.24, 2.45) is 0 Å². The van der Waals surface area contributed by atoms with Crippen molar-refractivity contribution >= 4 is 60.9 Å². The largest absolute Gasteiger partial charge is 0.455 e. The van der Waals surface area contributed by atoms with Crippen LogP contribution in [0.25, 0.3) is 94.1 Å². The van der Waals surface area contributed by atoms with Gasteiger partial charge in [0.05, 0.1) is 11.2 Å². The van der Waals surface area contributed by atoms with Crippen LogP contribution in [0.2, 0.25) is 0 Å². The second kappa shape index (κ2) is 15.2. The van der Waals surface area contributed by atoms with Crippen LogP contribution in [0, 0.1) is 0 Å². The molecule has 4 nitrogen and oxygen atoms in total. The normalized spacial score (nSPS) is 11.5. The summed E-state index contributed by atoms with van der Waals surface area (Å²) in [7, 11) is 0. The minimum absolute atomic E-state index is 0.894. The Labute approximate surface area is 365 Å². The first kappa shape index (κ1) is 36.4. The number of furan rings is 1. The first-order chi connectivity index (χ1) is 31.3. The van der Waals surface area contributed by atoms with E-state index in [1.54, 1.807) is 0 Å². The summed E-state index contributed by atoms with van der Waals surface area (Å²) in [6.07, 6.45) is 1.90. The smallest absolute Gasteiger partial charge is 0.145 e. The van der Waals surface area contributed by atoms with Gasteiger partial charge in [0.15, 0.2) is 0 Å². The maximum Gasteiger partial charge on any atom is 0.145 e. The highest BCUT2D eigenvalue weighted by atomic mass is 16.3. The lowest BCUT2D eigenvalue weighted by Gasteiger charge is -2.27. The van der Waals surface area contributed by atoms with E-state index in [1.807, 2.05) is 24.4 Å². The third-order valence-corrected chi connectivity index (χ3v) is 12.3. The van der Waals surface area contributed by atoms with Crippen LogP contribution >= 0.6 is 0 Å². The summed E-state index contributed by atoms with van der Waals surface area (Å²) in [5.41, 5.74) is 17.1. The molecule has 4 heteroatoms. The molecule has 0 bridgehead atoms. The minimum Gasteiger partial charge on any atom is -0.455 e. The van der Waals surface area contributed by atoms with Gasteiger partial charge in [-0.25, -0.2) is 4.98 Å². The van der Waals surface area contributed by atoms with Crippen molar-refractivity contribution in [3.05, 3.63) is 237 Å². The third kappa shape index (κ3) is 6.27. The highest BCUT2D eigenvalue weighted by Gasteiger charge is 2.22. The Morgan fingerprint density at radius 2 is 0.921 bits per heavy atom. The van der Waals surface area contributed by atoms with Crippen LogP contribution in [0.3, 0.4) is 0 Å². The summed E-state index contributed by atoms with van der Waals surface area (Å²) < 4.78 is 8.82. The van der Waals surface area contributed by atoms with Crippen LogP contribution in [0.5, 0.6) is 0 Å². The van der Waals surface area contributed by atoms with Crippen molar-refractivity contribution in [3.63, 3.8) is 0 Å². The van der Waals surface area contributed by atoms with Crippen LogP contribution in [0.15, 0.2) is 241 Å². The molecule has 0 aliphatic carbocycles. The van der Waals surface area contributed by atoms with Gasteiger partial charge >= 0.3 is 0 Å². The Hall–Kier alpha value is -8.47. The lowest BCUT2D eigenvalue weighted by Crippen LogP contribution is -2.11. The number of rotatable bonds is 8. The lowest BCUT2D eigenvalue weighted by molar-refractivity contribution is 0.670. The van der Waals surface area contributed by atoms with Gasteiger partial charge < -0.3 is 9.32 Å². The van der Waals surface area contributed by atoms with Crippen molar-refractivity contribution in [1.82, 2.24) is 9.55 Å². The maximum atomic E-state index is 6.48. The summed E-state index contributed by atoms with van der Waals surface area (Å²) in [6, 6.07) is 82.1. The van der Waals surface area contributed by atoms with Crippen molar-refractivity contribution < 1.29 is 4.42 Å². The standard InChI is InChI=1S/C59H39N3O/c1-3-15-40(16-4-1)41-28-32-44(33-29-41)61(45-34-30-43(31-35-45)48-23-13-24-53-52-22-10-12-27-57(52)63-58(48)53)46-36-37-51(49-20-8-7-19-47(49)42-17-5-2-6-18-42)56(39-46)62-55-26-11-9-21-50(55)54-25-14-38-60-59(54)62/h1-39H. The highest BCUT2D eigenvalue weighted by molar-refractivity contribution is 6.10. The molecule has 0 N–H and O–H groups in total. The molecule has 0 spiro atoms. The number of anilines is 3. The van der Waals surface area contributed by atoms with Gasteiger partial charge in [-0.05, 0) is 94.0 Å². The van der Waals surface area contributed by atoms with Gasteiger partial charge in [0.25, 0.3) is 0 Å². The van der Waals surface area contributed by atoms with Crippen molar-refractivity contribution in [3.8, 4) is 50.2 Å². The Morgan fingerprint density at radius 1 is 0.365 bits per heavy atom. The van der Waals surface area contributed by atoms with Gasteiger partial charge in [-0.1, -0.05) is 170 Å². The Balaban J connectivity index is 1.07. The Bertz CT molecular complexity index is 3550. The fourth-order valence-electron chi connectivity index (χ4n) is 9.34. The molecule has 0 aliphatic rings. The fourth-order valence-corrected chi connectivity index (χ4v) is 9.34. The molecule has 63 heavy (non-hydrogen) atoms. The van der Waals surface area contributed by atoms with E-state index in [-0.39, 0.29) is 0 Å². The Kier molecular flexibility index (Phi) is 8.79. The first-order valence-electron chi connectivity index (χ1n) is 21.4. The number of pyridine rings is 1. The molecule has 0 saturated heterocycles. The highest BCUT2D eigenvalue weighted by Crippen LogP contribution is 2.44. The third-order valence-electron chi connectivity index (χ3n) is 12.3. The molecule has 0 radical (unpaired) electrons. The van der Waals surface area contributed by atoms with E-state index in [0.717, 1.165) is 88.9 Å². The van der Waals surface area contributed by atoms with Crippen molar-refractivity contribution in [2.45, 2.75) is 0 Å². The van der Waals surface area contributed by atoms with E-state index in [1.165, 1.54) is 22.3 Å². The van der Waals surface area contributed by atoms with Crippen LogP contribution in [-0.2, 0) is 0 Å². The molecule has 9 aromatic carbocycles. The molecule has 296 valence electrons. The van der Waals surface area contributed by atoms with Crippen LogP contribution < -0.4 is 4.90 Å². The maximum absolute atomic E-state index is 6.48. The molecular weight excluding hydrogens is 767 g/mol. The summed E-state index contributed by atoms with van der Waals surface area (Å²) >= 11 is 0. The van der Waals surface area contributed by atoms with E-state index in [2.05, 4.69) is 222 Å². The predicted molar refractivity (Wildman–Crippen MR) is 262 cm³/mol. The molecule has 12 aromatic rings. The average molecular weight is 806 g/mol.